The van der Waals surface area contributed by atoms with Crippen LogP contribution in [0.5, 0.6) is 0 Å². The van der Waals surface area contributed by atoms with Crippen LogP contribution in [0.1, 0.15) is 44.4 Å². The highest BCUT2D eigenvalue weighted by atomic mass is 14.8. The zero-order valence-electron chi connectivity index (χ0n) is 9.83. The summed E-state index contributed by atoms with van der Waals surface area (Å²) >= 11 is 0. The predicted molar refractivity (Wildman–Crippen MR) is 62.7 cm³/mol. The Hall–Kier alpha value is -0.890. The van der Waals surface area contributed by atoms with Gasteiger partial charge in [-0.05, 0) is 36.8 Å². The Morgan fingerprint density at radius 3 is 2.93 bits per heavy atom. The number of aryl methyl sites for hydroxylation is 1. The summed E-state index contributed by atoms with van der Waals surface area (Å²) in [5, 5.41) is 0. The average molecular weight is 204 g/mol. The van der Waals surface area contributed by atoms with Crippen molar-refractivity contribution in [2.45, 2.75) is 45.6 Å². The number of hydrogen-bond acceptors (Lipinski definition) is 2. The fraction of sp³-hybridized carbons (Fsp3) is 0.615. The van der Waals surface area contributed by atoms with E-state index in [0.717, 1.165) is 6.42 Å². The van der Waals surface area contributed by atoms with Crippen LogP contribution in [-0.4, -0.2) is 11.0 Å². The number of nitrogens with zero attached hydrogens (tertiary/aromatic N) is 1. The van der Waals surface area contributed by atoms with Crippen LogP contribution >= 0.6 is 0 Å². The lowest BCUT2D eigenvalue weighted by Crippen LogP contribution is -2.39. The Morgan fingerprint density at radius 2 is 2.27 bits per heavy atom. The van der Waals surface area contributed by atoms with Crippen LogP contribution in [0.3, 0.4) is 0 Å². The molecular formula is C13H20N2. The van der Waals surface area contributed by atoms with Gasteiger partial charge in [-0.3, -0.25) is 4.98 Å². The molecule has 2 atom stereocenters. The lowest BCUT2D eigenvalue weighted by molar-refractivity contribution is 0.216. The molecule has 1 aromatic rings. The van der Waals surface area contributed by atoms with Crippen molar-refractivity contribution >= 4 is 0 Å². The second kappa shape index (κ2) is 3.60. The first kappa shape index (κ1) is 10.6. The van der Waals surface area contributed by atoms with E-state index in [1.54, 1.807) is 0 Å². The van der Waals surface area contributed by atoms with Gasteiger partial charge in [-0.1, -0.05) is 19.9 Å². The molecule has 0 bridgehead atoms. The summed E-state index contributed by atoms with van der Waals surface area (Å²) < 4.78 is 0. The molecule has 0 saturated carbocycles. The van der Waals surface area contributed by atoms with E-state index in [4.69, 9.17) is 5.73 Å². The summed E-state index contributed by atoms with van der Waals surface area (Å²) in [4.78, 5) is 4.54. The van der Waals surface area contributed by atoms with Gasteiger partial charge in [0.05, 0.1) is 0 Å². The van der Waals surface area contributed by atoms with Crippen LogP contribution in [0.4, 0.5) is 0 Å². The number of nitrogens with two attached hydrogens (primary N) is 1. The summed E-state index contributed by atoms with van der Waals surface area (Å²) in [5.74, 6) is 0.391. The fourth-order valence-corrected chi connectivity index (χ4v) is 2.89. The van der Waals surface area contributed by atoms with Crippen LogP contribution in [-0.2, 0) is 6.42 Å². The molecule has 2 N–H and O–H groups in total. The lowest BCUT2D eigenvalue weighted by Gasteiger charge is -2.41. The first-order chi connectivity index (χ1) is 7.02. The lowest BCUT2D eigenvalue weighted by atomic mass is 9.65. The number of pyridine rings is 1. The molecule has 2 unspecified atom stereocenters. The van der Waals surface area contributed by atoms with E-state index in [0.29, 0.717) is 5.92 Å². The second-order valence-electron chi connectivity index (χ2n) is 5.37. The summed E-state index contributed by atoms with van der Waals surface area (Å²) in [7, 11) is 0. The third kappa shape index (κ3) is 1.78. The maximum Gasteiger partial charge on any atom is 0.0487 e. The van der Waals surface area contributed by atoms with Crippen molar-refractivity contribution in [1.29, 1.82) is 0 Å². The fourth-order valence-electron chi connectivity index (χ4n) is 2.89. The molecule has 1 aromatic heterocycles. The van der Waals surface area contributed by atoms with Crippen molar-refractivity contribution in [3.05, 3.63) is 29.6 Å². The smallest absolute Gasteiger partial charge is 0.0487 e. The first-order valence-electron chi connectivity index (χ1n) is 5.72. The van der Waals surface area contributed by atoms with Crippen molar-refractivity contribution in [3.8, 4) is 0 Å². The highest BCUT2D eigenvalue weighted by Crippen LogP contribution is 2.45. The molecule has 15 heavy (non-hydrogen) atoms. The summed E-state index contributed by atoms with van der Waals surface area (Å²) in [6, 6.07) is 4.39. The molecule has 2 rings (SSSR count). The maximum atomic E-state index is 6.12. The van der Waals surface area contributed by atoms with Crippen molar-refractivity contribution in [2.24, 2.45) is 11.1 Å². The molecule has 1 heterocycles. The number of hydrogen-bond donors (Lipinski definition) is 1. The van der Waals surface area contributed by atoms with E-state index in [1.165, 1.54) is 17.7 Å². The summed E-state index contributed by atoms with van der Waals surface area (Å²) in [6.45, 7) is 6.70. The third-order valence-electron chi connectivity index (χ3n) is 3.63. The molecule has 0 amide bonds. The molecule has 0 saturated heterocycles. The van der Waals surface area contributed by atoms with Crippen molar-refractivity contribution in [3.63, 3.8) is 0 Å². The summed E-state index contributed by atoms with van der Waals surface area (Å²) in [5.41, 5.74) is 9.00. The molecule has 0 aliphatic heterocycles. The molecule has 1 aliphatic carbocycles. The Kier molecular flexibility index (Phi) is 2.55. The van der Waals surface area contributed by atoms with Crippen LogP contribution in [0, 0.1) is 5.41 Å². The van der Waals surface area contributed by atoms with E-state index in [2.05, 4.69) is 31.8 Å². The van der Waals surface area contributed by atoms with Gasteiger partial charge in [0.15, 0.2) is 0 Å². The number of fused-ring (bicyclic) bond motifs is 1. The highest BCUT2D eigenvalue weighted by Gasteiger charge is 2.38. The van der Waals surface area contributed by atoms with Crippen molar-refractivity contribution < 1.29 is 0 Å². The Labute approximate surface area is 91.9 Å². The number of rotatable bonds is 1. The van der Waals surface area contributed by atoms with E-state index >= 15 is 0 Å². The first-order valence-corrected chi connectivity index (χ1v) is 5.72. The number of aromatic nitrogens is 1. The Morgan fingerprint density at radius 1 is 1.53 bits per heavy atom. The molecule has 0 fully saturated rings. The predicted octanol–water partition coefficient (Wildman–Crippen LogP) is 2.48. The topological polar surface area (TPSA) is 38.9 Å². The van der Waals surface area contributed by atoms with Crippen LogP contribution in [0.25, 0.3) is 0 Å². The zero-order chi connectivity index (χ0) is 11.1. The Bertz CT molecular complexity index is 355. The van der Waals surface area contributed by atoms with Gasteiger partial charge in [-0.2, -0.15) is 0 Å². The zero-order valence-corrected chi connectivity index (χ0v) is 9.83. The minimum absolute atomic E-state index is 0.175. The summed E-state index contributed by atoms with van der Waals surface area (Å²) in [6.07, 6.45) is 4.23. The SMILES string of the molecule is CC(N)C1c2ncccc2CCC1(C)C. The Balaban J connectivity index is 2.48. The minimum atomic E-state index is 0.175. The standard InChI is InChI=1S/C13H20N2/c1-9(14)11-12-10(5-4-8-15-12)6-7-13(11,2)3/h4-5,8-9,11H,6-7,14H2,1-3H3. The second-order valence-corrected chi connectivity index (χ2v) is 5.37. The largest absolute Gasteiger partial charge is 0.327 e. The third-order valence-corrected chi connectivity index (χ3v) is 3.63. The van der Waals surface area contributed by atoms with Gasteiger partial charge in [-0.15, -0.1) is 0 Å². The maximum absolute atomic E-state index is 6.12. The van der Waals surface area contributed by atoms with Gasteiger partial charge in [0.1, 0.15) is 0 Å². The average Bonchev–Trinajstić information content (AvgIpc) is 2.15. The van der Waals surface area contributed by atoms with Crippen LogP contribution in [0.15, 0.2) is 18.3 Å². The quantitative estimate of drug-likeness (QED) is 0.763. The molecule has 0 radical (unpaired) electrons. The van der Waals surface area contributed by atoms with E-state index in [1.807, 2.05) is 12.3 Å². The minimum Gasteiger partial charge on any atom is -0.327 e. The molecular weight excluding hydrogens is 184 g/mol. The van der Waals surface area contributed by atoms with Crippen LogP contribution in [0.2, 0.25) is 0 Å². The van der Waals surface area contributed by atoms with Crippen molar-refractivity contribution in [1.82, 2.24) is 4.98 Å². The van der Waals surface area contributed by atoms with Gasteiger partial charge in [0.2, 0.25) is 0 Å². The van der Waals surface area contributed by atoms with Gasteiger partial charge >= 0.3 is 0 Å². The molecule has 2 heteroatoms. The van der Waals surface area contributed by atoms with Gasteiger partial charge in [0.25, 0.3) is 0 Å². The van der Waals surface area contributed by atoms with Crippen LogP contribution < -0.4 is 5.73 Å². The van der Waals surface area contributed by atoms with Crippen molar-refractivity contribution in [2.75, 3.05) is 0 Å². The molecule has 82 valence electrons. The normalized spacial score (nSPS) is 25.7. The van der Waals surface area contributed by atoms with Gasteiger partial charge in [-0.25, -0.2) is 0 Å². The van der Waals surface area contributed by atoms with E-state index in [-0.39, 0.29) is 11.5 Å². The van der Waals surface area contributed by atoms with E-state index in [9.17, 15) is 0 Å². The van der Waals surface area contributed by atoms with E-state index < -0.39 is 0 Å². The highest BCUT2D eigenvalue weighted by molar-refractivity contribution is 5.29. The molecule has 0 spiro atoms. The molecule has 2 nitrogen and oxygen atoms in total. The molecule has 0 aromatic carbocycles. The molecule has 1 aliphatic rings. The van der Waals surface area contributed by atoms with Gasteiger partial charge < -0.3 is 5.73 Å². The van der Waals surface area contributed by atoms with Gasteiger partial charge in [0, 0.05) is 23.9 Å². The monoisotopic (exact) mass is 204 g/mol.